The van der Waals surface area contributed by atoms with Gasteiger partial charge in [0.2, 0.25) is 6.79 Å². The van der Waals surface area contributed by atoms with Crippen molar-refractivity contribution in [2.24, 2.45) is 5.73 Å². The van der Waals surface area contributed by atoms with E-state index in [-0.39, 0.29) is 19.3 Å². The van der Waals surface area contributed by atoms with Crippen LogP contribution in [-0.4, -0.2) is 46.0 Å². The van der Waals surface area contributed by atoms with E-state index in [1.54, 1.807) is 12.1 Å². The van der Waals surface area contributed by atoms with Crippen LogP contribution in [0.3, 0.4) is 0 Å². The Morgan fingerprint density at radius 1 is 1.40 bits per heavy atom. The van der Waals surface area contributed by atoms with E-state index >= 15 is 0 Å². The molecule has 0 bridgehead atoms. The summed E-state index contributed by atoms with van der Waals surface area (Å²) in [5.41, 5.74) is 6.19. The third-order valence-corrected chi connectivity index (χ3v) is 5.55. The van der Waals surface area contributed by atoms with Crippen molar-refractivity contribution in [2.45, 2.75) is 16.7 Å². The topological polar surface area (TPSA) is 87.8 Å². The van der Waals surface area contributed by atoms with Crippen LogP contribution in [0.2, 0.25) is 0 Å². The Kier molecular flexibility index (Phi) is 2.97. The Labute approximate surface area is 117 Å². The fourth-order valence-corrected chi connectivity index (χ4v) is 4.92. The first-order chi connectivity index (χ1) is 9.38. The molecule has 1 saturated carbocycles. The summed E-state index contributed by atoms with van der Waals surface area (Å²) < 4.78 is 39.5. The highest BCUT2D eigenvalue weighted by Gasteiger charge is 2.68. The molecule has 110 valence electrons. The maximum absolute atomic E-state index is 11.9. The number of fused-ring (bicyclic) bond motifs is 1. The number of hydrogen-bond donors (Lipinski definition) is 1. The number of sulfone groups is 1. The molecule has 3 rings (SSSR count). The van der Waals surface area contributed by atoms with Crippen molar-refractivity contribution >= 4 is 9.84 Å². The maximum Gasteiger partial charge on any atom is 0.231 e. The fraction of sp³-hybridized carbons (Fsp3) is 0.538. The van der Waals surface area contributed by atoms with Crippen molar-refractivity contribution in [3.05, 3.63) is 23.8 Å². The van der Waals surface area contributed by atoms with Crippen molar-refractivity contribution in [2.75, 3.05) is 26.8 Å². The van der Waals surface area contributed by atoms with Gasteiger partial charge in [-0.2, -0.15) is 0 Å². The Balaban J connectivity index is 1.97. The summed E-state index contributed by atoms with van der Waals surface area (Å²) in [5, 5.41) is -0.629. The first-order valence-corrected chi connectivity index (χ1v) is 8.19. The lowest BCUT2D eigenvalue weighted by molar-refractivity contribution is 0.171. The zero-order valence-electron chi connectivity index (χ0n) is 11.3. The highest BCUT2D eigenvalue weighted by molar-refractivity contribution is 7.91. The molecule has 6 nitrogen and oxygen atoms in total. The van der Waals surface area contributed by atoms with Gasteiger partial charge in [-0.25, -0.2) is 8.42 Å². The zero-order chi connectivity index (χ0) is 14.5. The molecule has 1 aliphatic heterocycles. The minimum atomic E-state index is -3.25. The highest BCUT2D eigenvalue weighted by Crippen LogP contribution is 2.55. The van der Waals surface area contributed by atoms with Crippen molar-refractivity contribution in [3.8, 4) is 11.5 Å². The van der Waals surface area contributed by atoms with Gasteiger partial charge in [0.15, 0.2) is 21.3 Å². The van der Waals surface area contributed by atoms with Crippen molar-refractivity contribution in [1.29, 1.82) is 0 Å². The molecular weight excluding hydrogens is 282 g/mol. The van der Waals surface area contributed by atoms with E-state index in [1.165, 1.54) is 13.4 Å². The normalized spacial score (nSPS) is 31.4. The summed E-state index contributed by atoms with van der Waals surface area (Å²) in [4.78, 5) is 0. The summed E-state index contributed by atoms with van der Waals surface area (Å²) in [5.74, 6) is 1.01. The molecule has 1 fully saturated rings. The summed E-state index contributed by atoms with van der Waals surface area (Å²) in [6.07, 6.45) is 1.21. The molecule has 1 heterocycles. The Hall–Kier alpha value is -1.31. The first kappa shape index (κ1) is 13.7. The van der Waals surface area contributed by atoms with E-state index in [0.717, 1.165) is 5.56 Å². The Morgan fingerprint density at radius 2 is 2.10 bits per heavy atom. The van der Waals surface area contributed by atoms with Gasteiger partial charge in [-0.1, -0.05) is 6.07 Å². The van der Waals surface area contributed by atoms with Crippen LogP contribution >= 0.6 is 0 Å². The van der Waals surface area contributed by atoms with Crippen LogP contribution in [0.25, 0.3) is 0 Å². The molecule has 7 heteroatoms. The van der Waals surface area contributed by atoms with Crippen LogP contribution in [0.5, 0.6) is 11.5 Å². The van der Waals surface area contributed by atoms with Gasteiger partial charge in [0.1, 0.15) is 0 Å². The van der Waals surface area contributed by atoms with Crippen LogP contribution < -0.4 is 15.2 Å². The average molecular weight is 299 g/mol. The van der Waals surface area contributed by atoms with Crippen LogP contribution in [-0.2, 0) is 14.6 Å². The van der Waals surface area contributed by atoms with Gasteiger partial charge in [0.05, 0.1) is 17.4 Å². The average Bonchev–Trinajstić information content (AvgIpc) is 2.77. The number of ether oxygens (including phenoxy) is 3. The summed E-state index contributed by atoms with van der Waals surface area (Å²) >= 11 is 0. The first-order valence-electron chi connectivity index (χ1n) is 6.24. The summed E-state index contributed by atoms with van der Waals surface area (Å²) in [6.45, 7) is 0.384. The highest BCUT2D eigenvalue weighted by atomic mass is 32.2. The Bertz CT molecular complexity index is 644. The number of methoxy groups -OCH3 is 1. The molecule has 20 heavy (non-hydrogen) atoms. The molecule has 0 aromatic heterocycles. The van der Waals surface area contributed by atoms with E-state index in [1.807, 2.05) is 6.07 Å². The van der Waals surface area contributed by atoms with E-state index in [4.69, 9.17) is 19.9 Å². The van der Waals surface area contributed by atoms with Crippen LogP contribution in [0, 0.1) is 0 Å². The maximum atomic E-state index is 11.9. The third-order valence-electron chi connectivity index (χ3n) is 3.91. The lowest BCUT2D eigenvalue weighted by Gasteiger charge is -2.10. The zero-order valence-corrected chi connectivity index (χ0v) is 12.1. The largest absolute Gasteiger partial charge is 0.454 e. The van der Waals surface area contributed by atoms with Gasteiger partial charge in [-0.05, 0) is 17.7 Å². The lowest BCUT2D eigenvalue weighted by Crippen LogP contribution is -2.35. The minimum Gasteiger partial charge on any atom is -0.454 e. The fourth-order valence-electron chi connectivity index (χ4n) is 3.08. The molecule has 3 atom stereocenters. The third kappa shape index (κ3) is 1.97. The van der Waals surface area contributed by atoms with Gasteiger partial charge < -0.3 is 19.9 Å². The second-order valence-corrected chi connectivity index (χ2v) is 7.55. The second-order valence-electron chi connectivity index (χ2n) is 5.39. The number of nitrogens with two attached hydrogens (primary N) is 1. The van der Waals surface area contributed by atoms with Crippen LogP contribution in [0.15, 0.2) is 18.2 Å². The van der Waals surface area contributed by atoms with Gasteiger partial charge in [-0.3, -0.25) is 0 Å². The van der Waals surface area contributed by atoms with Gasteiger partial charge in [-0.15, -0.1) is 0 Å². The van der Waals surface area contributed by atoms with Crippen molar-refractivity contribution < 1.29 is 22.6 Å². The van der Waals surface area contributed by atoms with Crippen LogP contribution in [0.4, 0.5) is 0 Å². The SMILES string of the molecule is COC[C@@]1(N)[C@@H](c2ccc3c(c2)OCO3)[C@@H]1S(C)(=O)=O. The van der Waals surface area contributed by atoms with E-state index in [0.29, 0.717) is 11.5 Å². The van der Waals surface area contributed by atoms with Crippen molar-refractivity contribution in [1.82, 2.24) is 0 Å². The monoisotopic (exact) mass is 299 g/mol. The molecule has 1 aromatic carbocycles. The minimum absolute atomic E-state index is 0.185. The molecule has 0 saturated heterocycles. The number of rotatable bonds is 4. The summed E-state index contributed by atoms with van der Waals surface area (Å²) in [7, 11) is -1.73. The van der Waals surface area contributed by atoms with Gasteiger partial charge in [0, 0.05) is 19.3 Å². The van der Waals surface area contributed by atoms with E-state index in [2.05, 4.69) is 0 Å². The predicted molar refractivity (Wildman–Crippen MR) is 72.7 cm³/mol. The molecule has 1 aliphatic carbocycles. The van der Waals surface area contributed by atoms with E-state index in [9.17, 15) is 8.42 Å². The molecule has 0 radical (unpaired) electrons. The molecule has 1 aromatic rings. The molecule has 2 aliphatic rings. The predicted octanol–water partition coefficient (Wildman–Crippen LogP) is 0.270. The van der Waals surface area contributed by atoms with Gasteiger partial charge in [0.25, 0.3) is 0 Å². The summed E-state index contributed by atoms with van der Waals surface area (Å²) in [6, 6.07) is 5.42. The molecular formula is C13H17NO5S. The van der Waals surface area contributed by atoms with E-state index < -0.39 is 20.6 Å². The molecule has 0 amide bonds. The second kappa shape index (κ2) is 4.34. The van der Waals surface area contributed by atoms with Crippen molar-refractivity contribution in [3.63, 3.8) is 0 Å². The lowest BCUT2D eigenvalue weighted by atomic mass is 10.1. The number of hydrogen-bond acceptors (Lipinski definition) is 6. The Morgan fingerprint density at radius 3 is 2.75 bits per heavy atom. The standard InChI is InChI=1S/C13H17NO5S/c1-17-6-13(14)11(12(13)20(2,15)16)8-3-4-9-10(5-8)19-7-18-9/h3-5,11-12H,6-7,14H2,1-2H3/t11-,12-,13+/m0/s1. The molecule has 2 N–H and O–H groups in total. The molecule has 0 spiro atoms. The molecule has 0 unspecified atom stereocenters. The quantitative estimate of drug-likeness (QED) is 0.858. The number of benzene rings is 1. The smallest absolute Gasteiger partial charge is 0.231 e. The van der Waals surface area contributed by atoms with Crippen LogP contribution in [0.1, 0.15) is 11.5 Å². The van der Waals surface area contributed by atoms with Gasteiger partial charge >= 0.3 is 0 Å².